The van der Waals surface area contributed by atoms with Crippen LogP contribution in [0.25, 0.3) is 15.7 Å². The van der Waals surface area contributed by atoms with Crippen LogP contribution in [0.2, 0.25) is 0 Å². The molecule has 0 saturated carbocycles. The highest BCUT2D eigenvalue weighted by Gasteiger charge is 2.15. The number of hydrogen-bond donors (Lipinski definition) is 1. The van der Waals surface area contributed by atoms with Gasteiger partial charge in [0.2, 0.25) is 5.91 Å². The Balaban J connectivity index is 1.92. The van der Waals surface area contributed by atoms with E-state index in [0.29, 0.717) is 24.4 Å². The fourth-order valence-corrected chi connectivity index (χ4v) is 3.55. The third-order valence-corrected chi connectivity index (χ3v) is 4.88. The van der Waals surface area contributed by atoms with Gasteiger partial charge in [0.25, 0.3) is 5.56 Å². The second-order valence-corrected chi connectivity index (χ2v) is 7.25. The molecule has 3 aromatic rings. The van der Waals surface area contributed by atoms with Crippen LogP contribution in [-0.4, -0.2) is 26.6 Å². The lowest BCUT2D eigenvalue weighted by molar-refractivity contribution is -0.121. The normalized spacial score (nSPS) is 11.7. The fraction of sp³-hybridized carbons (Fsp3) is 0.471. The summed E-state index contributed by atoms with van der Waals surface area (Å²) in [7, 11) is 0. The minimum Gasteiger partial charge on any atom is -0.354 e. The average molecular weight is 346 g/mol. The zero-order valence-corrected chi connectivity index (χ0v) is 15.0. The van der Waals surface area contributed by atoms with Crippen LogP contribution in [-0.2, 0) is 17.8 Å². The first kappa shape index (κ1) is 16.7. The number of aromatic nitrogens is 3. The zero-order valence-electron chi connectivity index (χ0n) is 14.2. The maximum absolute atomic E-state index is 12.7. The number of fused-ring (bicyclic) bond motifs is 3. The van der Waals surface area contributed by atoms with Crippen LogP contribution in [0.15, 0.2) is 22.3 Å². The largest absolute Gasteiger partial charge is 0.354 e. The van der Waals surface area contributed by atoms with E-state index in [-0.39, 0.29) is 18.0 Å². The predicted molar refractivity (Wildman–Crippen MR) is 96.7 cm³/mol. The molecule has 6 nitrogen and oxygen atoms in total. The molecule has 0 saturated heterocycles. The van der Waals surface area contributed by atoms with Crippen molar-refractivity contribution in [3.8, 4) is 0 Å². The van der Waals surface area contributed by atoms with Crippen LogP contribution in [0.5, 0.6) is 0 Å². The molecule has 24 heavy (non-hydrogen) atoms. The van der Waals surface area contributed by atoms with Gasteiger partial charge in [0.1, 0.15) is 17.9 Å². The number of hydrogen-bond acceptors (Lipinski definition) is 4. The maximum atomic E-state index is 12.7. The first-order valence-electron chi connectivity index (χ1n) is 8.26. The van der Waals surface area contributed by atoms with Crippen molar-refractivity contribution in [1.29, 1.82) is 0 Å². The number of thiophene rings is 1. The van der Waals surface area contributed by atoms with Crippen molar-refractivity contribution >= 4 is 33.0 Å². The Bertz CT molecular complexity index is 935. The van der Waals surface area contributed by atoms with Crippen molar-refractivity contribution in [3.05, 3.63) is 33.7 Å². The molecule has 0 aromatic carbocycles. The first-order chi connectivity index (χ1) is 11.5. The second-order valence-electron chi connectivity index (χ2n) is 6.30. The molecule has 1 amide bonds. The molecular weight excluding hydrogens is 324 g/mol. The average Bonchev–Trinajstić information content (AvgIpc) is 3.11. The van der Waals surface area contributed by atoms with E-state index in [1.165, 1.54) is 4.68 Å². The Hall–Kier alpha value is -2.15. The monoisotopic (exact) mass is 346 g/mol. The van der Waals surface area contributed by atoms with E-state index in [1.807, 2.05) is 28.8 Å². The molecule has 0 aliphatic carbocycles. The van der Waals surface area contributed by atoms with E-state index in [9.17, 15) is 9.59 Å². The molecule has 3 rings (SSSR count). The molecule has 0 aliphatic heterocycles. The molecule has 7 heteroatoms. The zero-order chi connectivity index (χ0) is 17.3. The Morgan fingerprint density at radius 1 is 1.38 bits per heavy atom. The van der Waals surface area contributed by atoms with Gasteiger partial charge in [-0.05, 0) is 29.9 Å². The smallest absolute Gasteiger partial charge is 0.291 e. The summed E-state index contributed by atoms with van der Waals surface area (Å²) in [5, 5.41) is 9.27. The number of carbonyl (C=O) groups is 1. The summed E-state index contributed by atoms with van der Waals surface area (Å²) in [6.07, 6.45) is 1.60. The van der Waals surface area contributed by atoms with Gasteiger partial charge in [-0.2, -0.15) is 5.10 Å². The van der Waals surface area contributed by atoms with Gasteiger partial charge in [-0.25, -0.2) is 4.68 Å². The van der Waals surface area contributed by atoms with E-state index in [4.69, 9.17) is 0 Å². The molecule has 3 heterocycles. The van der Waals surface area contributed by atoms with Gasteiger partial charge >= 0.3 is 0 Å². The summed E-state index contributed by atoms with van der Waals surface area (Å²) in [4.78, 5) is 24.8. The van der Waals surface area contributed by atoms with Gasteiger partial charge in [0, 0.05) is 13.0 Å². The number of rotatable bonds is 6. The van der Waals surface area contributed by atoms with Crippen LogP contribution in [0, 0.1) is 5.92 Å². The van der Waals surface area contributed by atoms with Gasteiger partial charge in [-0.1, -0.05) is 20.8 Å². The van der Waals surface area contributed by atoms with Gasteiger partial charge in [-0.15, -0.1) is 11.3 Å². The lowest BCUT2D eigenvalue weighted by Gasteiger charge is -2.11. The van der Waals surface area contributed by atoms with Crippen LogP contribution in [0.3, 0.4) is 0 Å². The minimum atomic E-state index is -0.227. The van der Waals surface area contributed by atoms with Gasteiger partial charge in [0.15, 0.2) is 0 Å². The van der Waals surface area contributed by atoms with E-state index >= 15 is 0 Å². The van der Waals surface area contributed by atoms with Crippen molar-refractivity contribution in [2.24, 2.45) is 5.92 Å². The number of carbonyl (C=O) groups excluding carboxylic acids is 1. The van der Waals surface area contributed by atoms with Crippen LogP contribution in [0.1, 0.15) is 33.0 Å². The molecule has 0 radical (unpaired) electrons. The SMILES string of the molecule is CCc1nn(CC(=O)NCCC(C)C)c(=O)c2cc3sccc3n12. The number of nitrogens with zero attached hydrogens (tertiary/aromatic N) is 3. The lowest BCUT2D eigenvalue weighted by Crippen LogP contribution is -2.35. The van der Waals surface area contributed by atoms with Crippen LogP contribution in [0.4, 0.5) is 0 Å². The first-order valence-corrected chi connectivity index (χ1v) is 9.14. The molecule has 3 aromatic heterocycles. The molecule has 1 N–H and O–H groups in total. The summed E-state index contributed by atoms with van der Waals surface area (Å²) >= 11 is 1.60. The highest BCUT2D eigenvalue weighted by Crippen LogP contribution is 2.24. The van der Waals surface area contributed by atoms with Crippen molar-refractivity contribution < 1.29 is 4.79 Å². The Labute approximate surface area is 144 Å². The summed E-state index contributed by atoms with van der Waals surface area (Å²) in [6.45, 7) is 6.79. The van der Waals surface area contributed by atoms with E-state index in [2.05, 4.69) is 24.3 Å². The predicted octanol–water partition coefficient (Wildman–Crippen LogP) is 2.44. The van der Waals surface area contributed by atoms with Gasteiger partial charge in [-0.3, -0.25) is 14.0 Å². The summed E-state index contributed by atoms with van der Waals surface area (Å²) in [5.74, 6) is 1.14. The molecule has 0 atom stereocenters. The number of amides is 1. The fourth-order valence-electron chi connectivity index (χ4n) is 2.75. The molecule has 0 aliphatic rings. The van der Waals surface area contributed by atoms with E-state index in [0.717, 1.165) is 22.5 Å². The molecule has 0 bridgehead atoms. The molecule has 128 valence electrons. The van der Waals surface area contributed by atoms with Gasteiger partial charge < -0.3 is 5.32 Å². The summed E-state index contributed by atoms with van der Waals surface area (Å²) < 4.78 is 4.24. The van der Waals surface area contributed by atoms with Crippen molar-refractivity contribution in [2.75, 3.05) is 6.54 Å². The van der Waals surface area contributed by atoms with Crippen molar-refractivity contribution in [1.82, 2.24) is 19.5 Å². The molecule has 0 spiro atoms. The number of aryl methyl sites for hydroxylation is 1. The summed E-state index contributed by atoms with van der Waals surface area (Å²) in [5.41, 5.74) is 1.36. The van der Waals surface area contributed by atoms with Crippen LogP contribution >= 0.6 is 11.3 Å². The highest BCUT2D eigenvalue weighted by molar-refractivity contribution is 7.17. The molecule has 0 unspecified atom stereocenters. The third-order valence-electron chi connectivity index (χ3n) is 4.02. The van der Waals surface area contributed by atoms with E-state index < -0.39 is 0 Å². The standard InChI is InChI=1S/C17H22N4O2S/c1-4-15-19-20(10-16(22)18-7-5-11(2)3)17(23)13-9-14-12(21(13)15)6-8-24-14/h6,8-9,11H,4-5,7,10H2,1-3H3,(H,18,22). The number of nitrogens with one attached hydrogen (secondary N) is 1. The quantitative estimate of drug-likeness (QED) is 0.745. The second kappa shape index (κ2) is 6.76. The van der Waals surface area contributed by atoms with Crippen molar-refractivity contribution in [3.63, 3.8) is 0 Å². The lowest BCUT2D eigenvalue weighted by atomic mass is 10.1. The van der Waals surface area contributed by atoms with Crippen molar-refractivity contribution in [2.45, 2.75) is 40.2 Å². The highest BCUT2D eigenvalue weighted by atomic mass is 32.1. The Kier molecular flexibility index (Phi) is 4.71. The van der Waals surface area contributed by atoms with E-state index in [1.54, 1.807) is 11.3 Å². The molecule has 0 fully saturated rings. The van der Waals surface area contributed by atoms with Crippen LogP contribution < -0.4 is 10.9 Å². The third kappa shape index (κ3) is 3.08. The Morgan fingerprint density at radius 3 is 2.88 bits per heavy atom. The minimum absolute atomic E-state index is 0.0424. The summed E-state index contributed by atoms with van der Waals surface area (Å²) in [6, 6.07) is 3.88. The topological polar surface area (TPSA) is 68.4 Å². The molecular formula is C17H22N4O2S. The van der Waals surface area contributed by atoms with Gasteiger partial charge in [0.05, 0.1) is 10.2 Å². The Morgan fingerprint density at radius 2 is 2.17 bits per heavy atom. The maximum Gasteiger partial charge on any atom is 0.291 e.